The second kappa shape index (κ2) is 31.9. The Morgan fingerprint density at radius 2 is 0.355 bits per heavy atom. The summed E-state index contributed by atoms with van der Waals surface area (Å²) in [7, 11) is 0. The number of benzene rings is 20. The summed E-state index contributed by atoms with van der Waals surface area (Å²) in [6, 6.07) is 174. The molecule has 0 atom stereocenters. The summed E-state index contributed by atoms with van der Waals surface area (Å²) >= 11 is 0.275. The summed E-state index contributed by atoms with van der Waals surface area (Å²) in [4.78, 5) is 0. The first-order valence-electron chi connectivity index (χ1n) is 42.5. The third-order valence-electron chi connectivity index (χ3n) is 24.8. The molecule has 20 aromatic carbocycles. The Balaban J connectivity index is 0.000000143. The maximum absolute atomic E-state index is 2.43. The SMILES string of the molecule is c1ccc(-c2ccc(-c3cc(-c4ccc5c(c4)c4ccccc4n5-c4cccc(-c5ccccc5)c4)cc(-c4cccc5c4[se]c4c(-c6ccccc6)cccc45)c3)cc2)cc1.c1ccc(-c2ccc(-n3c4ccccc4c4cc(-c5cc(-c6cccc(-c7ccccc7)c6)cc(-c6cccc7c6[se]c6c(-c8ccccc8)cccc67)c5)ccc43)cc2)cc1. The Bertz CT molecular complexity index is 8160. The second-order valence-electron chi connectivity index (χ2n) is 32.2. The molecule has 580 valence electrons. The van der Waals surface area contributed by atoms with Crippen LogP contribution in [0, 0.1) is 0 Å². The number of hydrogen-bond acceptors (Lipinski definition) is 0. The molecule has 2 nitrogen and oxygen atoms in total. The standard InChI is InChI=1S/2C60H39NSe/c1-4-15-40(16-5-1)42-29-32-50(33-30-42)61-57-28-11-10-23-53(57)56-39-46(31-34-58(56)61)48-36-47(45-22-12-21-44(35-45)41-17-6-2-7-18-41)37-49(38-48)52-25-14-27-55-54-26-13-24-51(59(54)62-60(52)55)43-19-8-3-9-20-43;1-4-15-40(16-5-1)42-29-31-43(32-30-42)47-35-48(37-49(36-47)52-25-14-27-55-54-26-13-24-51(59(54)62-60(52)55)44-19-8-3-9-20-44)46-33-34-58-56(39-46)53-23-10-11-28-57(53)61(58)50-22-12-21-45(38-50)41-17-6-2-7-18-41/h2*1-39H. The molecule has 0 aliphatic carbocycles. The molecule has 0 radical (unpaired) electrons. The van der Waals surface area contributed by atoms with Crippen LogP contribution < -0.4 is 0 Å². The van der Waals surface area contributed by atoms with Crippen molar-refractivity contribution in [3.05, 3.63) is 473 Å². The molecule has 4 heteroatoms. The van der Waals surface area contributed by atoms with Gasteiger partial charge in [0.2, 0.25) is 0 Å². The molecule has 24 rings (SSSR count). The Morgan fingerprint density at radius 1 is 0.121 bits per heavy atom. The minimum absolute atomic E-state index is 0.136. The average Bonchev–Trinajstić information content (AvgIpc) is 1.59. The zero-order valence-electron chi connectivity index (χ0n) is 67.7. The molecular weight excluding hydrogens is 1630 g/mol. The zero-order valence-corrected chi connectivity index (χ0v) is 71.2. The van der Waals surface area contributed by atoms with Crippen molar-refractivity contribution in [3.8, 4) is 145 Å². The molecule has 0 saturated carbocycles. The molecule has 0 N–H and O–H groups in total. The Morgan fingerprint density at radius 3 is 0.758 bits per heavy atom. The molecular formula is C120H78N2Se2. The second-order valence-corrected chi connectivity index (χ2v) is 36.4. The van der Waals surface area contributed by atoms with E-state index in [2.05, 4.69) is 482 Å². The summed E-state index contributed by atoms with van der Waals surface area (Å²) in [6.45, 7) is 0. The van der Waals surface area contributed by atoms with Crippen molar-refractivity contribution in [1.82, 2.24) is 9.13 Å². The van der Waals surface area contributed by atoms with E-state index in [-0.39, 0.29) is 29.0 Å². The van der Waals surface area contributed by atoms with Crippen LogP contribution in [0.5, 0.6) is 0 Å². The number of nitrogens with zero attached hydrogens (tertiary/aromatic N) is 2. The fraction of sp³-hybridized carbons (Fsp3) is 0. The van der Waals surface area contributed by atoms with Crippen molar-refractivity contribution < 1.29 is 0 Å². The molecule has 0 unspecified atom stereocenters. The number of fused-ring (bicyclic) bond motifs is 12. The monoisotopic (exact) mass is 1710 g/mol. The maximum atomic E-state index is 2.43. The zero-order chi connectivity index (χ0) is 82.0. The number of para-hydroxylation sites is 2. The molecule has 0 fully saturated rings. The van der Waals surface area contributed by atoms with E-state index in [1.807, 2.05) is 0 Å². The molecule has 0 saturated heterocycles. The molecule has 0 aliphatic heterocycles. The molecule has 124 heavy (non-hydrogen) atoms. The van der Waals surface area contributed by atoms with Crippen LogP contribution in [0.25, 0.3) is 227 Å². The van der Waals surface area contributed by atoms with Gasteiger partial charge in [-0.15, -0.1) is 0 Å². The van der Waals surface area contributed by atoms with Crippen LogP contribution in [0.1, 0.15) is 0 Å². The third kappa shape index (κ3) is 13.6. The fourth-order valence-electron chi connectivity index (χ4n) is 18.8. The van der Waals surface area contributed by atoms with Gasteiger partial charge in [0.15, 0.2) is 0 Å². The van der Waals surface area contributed by atoms with Crippen molar-refractivity contribution in [3.63, 3.8) is 0 Å². The van der Waals surface area contributed by atoms with Gasteiger partial charge in [-0.25, -0.2) is 0 Å². The average molecular weight is 1710 g/mol. The van der Waals surface area contributed by atoms with Crippen molar-refractivity contribution >= 4 is 111 Å². The van der Waals surface area contributed by atoms with Gasteiger partial charge in [-0.3, -0.25) is 0 Å². The smallest absolute Gasteiger partial charge is 0.0617 e. The van der Waals surface area contributed by atoms with Crippen LogP contribution in [0.4, 0.5) is 0 Å². The Hall–Kier alpha value is -15.0. The first-order chi connectivity index (χ1) is 61.5. The summed E-state index contributed by atoms with van der Waals surface area (Å²) in [5.41, 5.74) is 36.9. The summed E-state index contributed by atoms with van der Waals surface area (Å²) in [5, 5.41) is 10.4. The third-order valence-corrected chi connectivity index (χ3v) is 30.2. The van der Waals surface area contributed by atoms with Gasteiger partial charge in [-0.2, -0.15) is 0 Å². The molecule has 0 spiro atoms. The predicted octanol–water partition coefficient (Wildman–Crippen LogP) is 32.3. The van der Waals surface area contributed by atoms with Gasteiger partial charge in [0.05, 0.1) is 0 Å². The summed E-state index contributed by atoms with van der Waals surface area (Å²) < 4.78 is 10.7. The van der Waals surface area contributed by atoms with Gasteiger partial charge < -0.3 is 0 Å². The van der Waals surface area contributed by atoms with Gasteiger partial charge in [0.25, 0.3) is 0 Å². The Labute approximate surface area is 732 Å². The van der Waals surface area contributed by atoms with E-state index in [1.165, 1.54) is 216 Å². The minimum Gasteiger partial charge on any atom is -0.0617 e. The van der Waals surface area contributed by atoms with E-state index in [0.717, 1.165) is 11.4 Å². The van der Waals surface area contributed by atoms with Crippen LogP contribution in [0.2, 0.25) is 0 Å². The van der Waals surface area contributed by atoms with Crippen molar-refractivity contribution in [2.75, 3.05) is 0 Å². The van der Waals surface area contributed by atoms with Gasteiger partial charge in [-0.1, -0.05) is 91.0 Å². The van der Waals surface area contributed by atoms with E-state index in [9.17, 15) is 0 Å². The topological polar surface area (TPSA) is 9.86 Å². The number of aromatic nitrogens is 2. The summed E-state index contributed by atoms with van der Waals surface area (Å²) in [6.07, 6.45) is 0. The first-order valence-corrected chi connectivity index (χ1v) is 45.9. The van der Waals surface area contributed by atoms with Gasteiger partial charge in [-0.05, 0) is 22.3 Å². The van der Waals surface area contributed by atoms with Crippen LogP contribution in [-0.4, -0.2) is 38.1 Å². The quantitative estimate of drug-likeness (QED) is 0.0961. The van der Waals surface area contributed by atoms with E-state index >= 15 is 0 Å². The molecule has 24 aromatic rings. The van der Waals surface area contributed by atoms with Crippen LogP contribution >= 0.6 is 0 Å². The number of rotatable bonds is 14. The van der Waals surface area contributed by atoms with Crippen molar-refractivity contribution in [1.29, 1.82) is 0 Å². The fourth-order valence-corrected chi connectivity index (χ4v) is 24.5. The molecule has 4 aromatic heterocycles. The van der Waals surface area contributed by atoms with Crippen LogP contribution in [0.15, 0.2) is 473 Å². The van der Waals surface area contributed by atoms with E-state index in [0.29, 0.717) is 0 Å². The van der Waals surface area contributed by atoms with Crippen molar-refractivity contribution in [2.45, 2.75) is 0 Å². The van der Waals surface area contributed by atoms with Crippen LogP contribution in [0.3, 0.4) is 0 Å². The van der Waals surface area contributed by atoms with Gasteiger partial charge in [0, 0.05) is 0 Å². The Kier molecular flexibility index (Phi) is 19.1. The normalized spacial score (nSPS) is 11.5. The molecule has 0 bridgehead atoms. The predicted molar refractivity (Wildman–Crippen MR) is 531 cm³/mol. The molecule has 4 heterocycles. The van der Waals surface area contributed by atoms with Crippen molar-refractivity contribution in [2.24, 2.45) is 0 Å². The minimum atomic E-state index is 0.136. The van der Waals surface area contributed by atoms with Gasteiger partial charge >= 0.3 is 625 Å². The summed E-state index contributed by atoms with van der Waals surface area (Å²) in [5.74, 6) is 0. The molecule has 0 amide bonds. The van der Waals surface area contributed by atoms with Crippen LogP contribution in [-0.2, 0) is 0 Å². The van der Waals surface area contributed by atoms with Gasteiger partial charge in [0.1, 0.15) is 0 Å². The first kappa shape index (κ1) is 74.1. The molecule has 0 aliphatic rings. The van der Waals surface area contributed by atoms with E-state index < -0.39 is 0 Å². The number of hydrogen-bond donors (Lipinski definition) is 0. The van der Waals surface area contributed by atoms with E-state index in [1.54, 1.807) is 0 Å². The van der Waals surface area contributed by atoms with E-state index in [4.69, 9.17) is 0 Å².